The molecule has 2 N–H and O–H groups in total. The minimum atomic E-state index is -4.18. The molecule has 0 amide bonds. The van der Waals surface area contributed by atoms with Gasteiger partial charge in [0.15, 0.2) is 0 Å². The van der Waals surface area contributed by atoms with Crippen LogP contribution >= 0.6 is 11.6 Å². The highest BCUT2D eigenvalue weighted by atomic mass is 35.5. The third-order valence-corrected chi connectivity index (χ3v) is 7.20. The molecule has 0 radical (unpaired) electrons. The molecule has 1 saturated heterocycles. The Bertz CT molecular complexity index is 1200. The molecular formula is C22H21ClN2O6S. The summed E-state index contributed by atoms with van der Waals surface area (Å²) in [5, 5.41) is 18.8. The van der Waals surface area contributed by atoms with Gasteiger partial charge in [-0.05, 0) is 42.5 Å². The van der Waals surface area contributed by atoms with Crippen LogP contribution < -0.4 is 9.46 Å². The number of halogens is 1. The van der Waals surface area contributed by atoms with E-state index in [4.69, 9.17) is 21.1 Å². The minimum absolute atomic E-state index is 0.0694. The summed E-state index contributed by atoms with van der Waals surface area (Å²) in [5.41, 5.74) is 0.608. The third-order valence-electron chi connectivity index (χ3n) is 5.46. The van der Waals surface area contributed by atoms with Crippen LogP contribution in [0.4, 0.5) is 5.69 Å². The van der Waals surface area contributed by atoms with Crippen LogP contribution in [-0.4, -0.2) is 38.8 Å². The summed E-state index contributed by atoms with van der Waals surface area (Å²) in [6, 6.07) is 8.81. The highest BCUT2D eigenvalue weighted by Crippen LogP contribution is 2.44. The molecule has 168 valence electrons. The maximum atomic E-state index is 13.4. The van der Waals surface area contributed by atoms with Gasteiger partial charge in [-0.3, -0.25) is 4.72 Å². The molecule has 1 saturated carbocycles. The van der Waals surface area contributed by atoms with Gasteiger partial charge in [0.1, 0.15) is 17.9 Å². The number of nitriles is 1. The molecule has 32 heavy (non-hydrogen) atoms. The van der Waals surface area contributed by atoms with E-state index in [9.17, 15) is 23.6 Å². The van der Waals surface area contributed by atoms with E-state index in [1.54, 1.807) is 6.07 Å². The van der Waals surface area contributed by atoms with Crippen molar-refractivity contribution in [2.75, 3.05) is 17.9 Å². The van der Waals surface area contributed by atoms with E-state index in [-0.39, 0.29) is 44.5 Å². The first-order chi connectivity index (χ1) is 15.3. The van der Waals surface area contributed by atoms with Crippen LogP contribution in [0.2, 0.25) is 5.02 Å². The second kappa shape index (κ2) is 8.98. The zero-order valence-electron chi connectivity index (χ0n) is 17.0. The van der Waals surface area contributed by atoms with Crippen LogP contribution in [0.1, 0.15) is 53.1 Å². The van der Waals surface area contributed by atoms with Gasteiger partial charge in [0, 0.05) is 18.9 Å². The lowest BCUT2D eigenvalue weighted by Crippen LogP contribution is -2.26. The second-order valence-corrected chi connectivity index (χ2v) is 9.87. The Morgan fingerprint density at radius 2 is 1.91 bits per heavy atom. The van der Waals surface area contributed by atoms with Crippen LogP contribution in [0.15, 0.2) is 35.2 Å². The number of aromatic carboxylic acids is 1. The fourth-order valence-electron chi connectivity index (χ4n) is 3.62. The first-order valence-electron chi connectivity index (χ1n) is 10.2. The average Bonchev–Trinajstić information content (AvgIpc) is 3.61. The molecule has 2 aliphatic rings. The summed E-state index contributed by atoms with van der Waals surface area (Å²) in [6.45, 7) is 1.06. The van der Waals surface area contributed by atoms with Crippen molar-refractivity contribution in [3.63, 3.8) is 0 Å². The molecule has 8 nitrogen and oxygen atoms in total. The number of carboxylic acids is 1. The summed E-state index contributed by atoms with van der Waals surface area (Å²) in [4.78, 5) is 11.3. The summed E-state index contributed by atoms with van der Waals surface area (Å²) in [7, 11) is -4.18. The number of benzene rings is 2. The van der Waals surface area contributed by atoms with Gasteiger partial charge in [-0.25, -0.2) is 13.2 Å². The van der Waals surface area contributed by atoms with Crippen molar-refractivity contribution < 1.29 is 27.8 Å². The predicted molar refractivity (Wildman–Crippen MR) is 117 cm³/mol. The van der Waals surface area contributed by atoms with E-state index >= 15 is 0 Å². The fourth-order valence-corrected chi connectivity index (χ4v) is 5.20. The summed E-state index contributed by atoms with van der Waals surface area (Å²) in [6.07, 6.45) is 2.76. The number of nitrogens with zero attached hydrogens (tertiary/aromatic N) is 1. The number of nitrogens with one attached hydrogen (secondary N) is 1. The number of sulfonamides is 1. The number of hydrogen-bond donors (Lipinski definition) is 2. The Hall–Kier alpha value is -2.80. The lowest BCUT2D eigenvalue weighted by atomic mass is 10.1. The van der Waals surface area contributed by atoms with E-state index in [2.05, 4.69) is 4.72 Å². The lowest BCUT2D eigenvalue weighted by molar-refractivity contribution is 0.0258. The Balaban J connectivity index is 1.73. The smallest absolute Gasteiger partial charge is 0.335 e. The summed E-state index contributed by atoms with van der Waals surface area (Å²) >= 11 is 6.17. The molecule has 0 aromatic heterocycles. The van der Waals surface area contributed by atoms with Crippen molar-refractivity contribution in [3.8, 4) is 11.8 Å². The number of carbonyl (C=O) groups is 1. The Kier molecular flexibility index (Phi) is 6.29. The molecular weight excluding hydrogens is 456 g/mol. The standard InChI is InChI=1S/C22H21ClN2O6S/c23-18-11-20(31-16-5-7-30-8-6-16)19(9-15(18)12-24)25-32(28,29)21-10-14(22(26)27)3-4-17(21)13-1-2-13/h3-4,9-11,13,16,25H,1-2,5-8H2,(H,26,27). The van der Waals surface area contributed by atoms with Gasteiger partial charge in [0.25, 0.3) is 10.0 Å². The molecule has 4 rings (SSSR count). The molecule has 1 heterocycles. The molecule has 1 aliphatic carbocycles. The Morgan fingerprint density at radius 1 is 1.19 bits per heavy atom. The van der Waals surface area contributed by atoms with E-state index in [0.29, 0.717) is 31.6 Å². The van der Waals surface area contributed by atoms with Gasteiger partial charge >= 0.3 is 5.97 Å². The first-order valence-corrected chi connectivity index (χ1v) is 12.0. The quantitative estimate of drug-likeness (QED) is 0.614. The molecule has 1 aliphatic heterocycles. The maximum Gasteiger partial charge on any atom is 0.335 e. The largest absolute Gasteiger partial charge is 0.488 e. The van der Waals surface area contributed by atoms with Crippen molar-refractivity contribution in [2.45, 2.75) is 42.6 Å². The fraction of sp³-hybridized carbons (Fsp3) is 0.364. The van der Waals surface area contributed by atoms with Crippen LogP contribution in [0.5, 0.6) is 5.75 Å². The van der Waals surface area contributed by atoms with Crippen LogP contribution in [0.3, 0.4) is 0 Å². The van der Waals surface area contributed by atoms with Crippen molar-refractivity contribution in [1.29, 1.82) is 5.26 Å². The van der Waals surface area contributed by atoms with E-state index in [1.165, 1.54) is 24.3 Å². The van der Waals surface area contributed by atoms with Gasteiger partial charge < -0.3 is 14.6 Å². The zero-order valence-corrected chi connectivity index (χ0v) is 18.6. The molecule has 2 aromatic carbocycles. The molecule has 0 atom stereocenters. The Labute approximate surface area is 190 Å². The van der Waals surface area contributed by atoms with Crippen molar-refractivity contribution in [1.82, 2.24) is 0 Å². The lowest BCUT2D eigenvalue weighted by Gasteiger charge is -2.25. The summed E-state index contributed by atoms with van der Waals surface area (Å²) in [5.74, 6) is -0.945. The molecule has 0 bridgehead atoms. The molecule has 2 fully saturated rings. The third kappa shape index (κ3) is 4.83. The van der Waals surface area contributed by atoms with E-state index in [1.807, 2.05) is 6.07 Å². The van der Waals surface area contributed by atoms with Gasteiger partial charge in [0.2, 0.25) is 0 Å². The second-order valence-electron chi connectivity index (χ2n) is 7.81. The van der Waals surface area contributed by atoms with Gasteiger partial charge in [-0.2, -0.15) is 5.26 Å². The minimum Gasteiger partial charge on any atom is -0.488 e. The molecule has 10 heteroatoms. The topological polar surface area (TPSA) is 126 Å². The number of anilines is 1. The first kappa shape index (κ1) is 22.4. The van der Waals surface area contributed by atoms with Crippen LogP contribution in [0, 0.1) is 11.3 Å². The normalized spacial score (nSPS) is 16.9. The highest BCUT2D eigenvalue weighted by molar-refractivity contribution is 7.92. The number of hydrogen-bond acceptors (Lipinski definition) is 6. The number of rotatable bonds is 7. The number of carboxylic acid groups (broad SMARTS) is 1. The highest BCUT2D eigenvalue weighted by Gasteiger charge is 2.32. The monoisotopic (exact) mass is 476 g/mol. The maximum absolute atomic E-state index is 13.4. The predicted octanol–water partition coefficient (Wildman–Crippen LogP) is 4.15. The van der Waals surface area contributed by atoms with Gasteiger partial charge in [-0.1, -0.05) is 17.7 Å². The van der Waals surface area contributed by atoms with Crippen molar-refractivity contribution >= 4 is 33.3 Å². The SMILES string of the molecule is N#Cc1cc(NS(=O)(=O)c2cc(C(=O)O)ccc2C2CC2)c(OC2CCOCC2)cc1Cl. The van der Waals surface area contributed by atoms with Gasteiger partial charge in [0.05, 0.1) is 39.9 Å². The van der Waals surface area contributed by atoms with Gasteiger partial charge in [-0.15, -0.1) is 0 Å². The van der Waals surface area contributed by atoms with E-state index in [0.717, 1.165) is 12.8 Å². The zero-order chi connectivity index (χ0) is 22.9. The number of ether oxygens (including phenoxy) is 2. The average molecular weight is 477 g/mol. The van der Waals surface area contributed by atoms with Crippen LogP contribution in [-0.2, 0) is 14.8 Å². The molecule has 0 unspecified atom stereocenters. The summed E-state index contributed by atoms with van der Waals surface area (Å²) < 4.78 is 40.6. The van der Waals surface area contributed by atoms with Crippen LogP contribution in [0.25, 0.3) is 0 Å². The molecule has 2 aromatic rings. The van der Waals surface area contributed by atoms with E-state index < -0.39 is 16.0 Å². The molecule has 0 spiro atoms. The van der Waals surface area contributed by atoms with Crippen molar-refractivity contribution in [3.05, 3.63) is 52.0 Å². The Morgan fingerprint density at radius 3 is 2.53 bits per heavy atom. The van der Waals surface area contributed by atoms with Crippen molar-refractivity contribution in [2.24, 2.45) is 0 Å².